The first-order valence-electron chi connectivity index (χ1n) is 5.95. The lowest BCUT2D eigenvalue weighted by Crippen LogP contribution is -2.26. The molecule has 2 N–H and O–H groups in total. The monoisotopic (exact) mass is 329 g/mol. The second-order valence-corrected chi connectivity index (χ2v) is 6.32. The van der Waals surface area contributed by atoms with Crippen molar-refractivity contribution in [3.63, 3.8) is 0 Å². The number of hydrogen-bond acceptors (Lipinski definition) is 4. The Morgan fingerprint density at radius 3 is 2.71 bits per heavy atom. The van der Waals surface area contributed by atoms with Gasteiger partial charge in [-0.05, 0) is 30.3 Å². The average molecular weight is 330 g/mol. The van der Waals surface area contributed by atoms with Crippen LogP contribution in [0.2, 0.25) is 5.02 Å². The molecule has 0 aliphatic rings. The molecule has 0 spiro atoms. The van der Waals surface area contributed by atoms with Crippen molar-refractivity contribution >= 4 is 27.6 Å². The lowest BCUT2D eigenvalue weighted by atomic mass is 10.2. The average Bonchev–Trinajstić information content (AvgIpc) is 2.91. The van der Waals surface area contributed by atoms with Gasteiger partial charge in [-0.25, -0.2) is 17.9 Å². The molecule has 0 unspecified atom stereocenters. The smallest absolute Gasteiger partial charge is 0.335 e. The van der Waals surface area contributed by atoms with Gasteiger partial charge in [0.2, 0.25) is 10.0 Å². The first-order chi connectivity index (χ1) is 9.90. The fourth-order valence-corrected chi connectivity index (χ4v) is 3.24. The number of sulfonamides is 1. The van der Waals surface area contributed by atoms with Crippen LogP contribution >= 0.6 is 11.6 Å². The Morgan fingerprint density at radius 1 is 1.33 bits per heavy atom. The van der Waals surface area contributed by atoms with Crippen LogP contribution in [-0.2, 0) is 16.4 Å². The summed E-state index contributed by atoms with van der Waals surface area (Å²) in [5, 5.41) is 8.86. The summed E-state index contributed by atoms with van der Waals surface area (Å²) < 4.78 is 31.7. The molecule has 0 aliphatic heterocycles. The third-order valence-electron chi connectivity index (χ3n) is 2.71. The molecule has 2 rings (SSSR count). The number of aromatic carboxylic acids is 1. The van der Waals surface area contributed by atoms with Crippen molar-refractivity contribution in [3.8, 4) is 0 Å². The van der Waals surface area contributed by atoms with Crippen LogP contribution in [-0.4, -0.2) is 26.0 Å². The summed E-state index contributed by atoms with van der Waals surface area (Å²) in [6.07, 6.45) is 1.87. The van der Waals surface area contributed by atoms with Crippen LogP contribution in [0.25, 0.3) is 0 Å². The molecule has 0 radical (unpaired) electrons. The quantitative estimate of drug-likeness (QED) is 0.846. The largest absolute Gasteiger partial charge is 0.478 e. The number of rotatable bonds is 6. The van der Waals surface area contributed by atoms with Crippen molar-refractivity contribution in [2.45, 2.75) is 11.3 Å². The van der Waals surface area contributed by atoms with Crippen molar-refractivity contribution in [1.29, 1.82) is 0 Å². The predicted molar refractivity (Wildman–Crippen MR) is 76.0 cm³/mol. The molecule has 6 nitrogen and oxygen atoms in total. The zero-order valence-corrected chi connectivity index (χ0v) is 12.3. The van der Waals surface area contributed by atoms with E-state index in [2.05, 4.69) is 4.72 Å². The number of carbonyl (C=O) groups is 1. The van der Waals surface area contributed by atoms with Crippen molar-refractivity contribution in [1.82, 2.24) is 4.72 Å². The van der Waals surface area contributed by atoms with Crippen molar-refractivity contribution in [2.75, 3.05) is 6.54 Å². The Balaban J connectivity index is 2.15. The number of furan rings is 1. The fourth-order valence-electron chi connectivity index (χ4n) is 1.68. The summed E-state index contributed by atoms with van der Waals surface area (Å²) in [7, 11) is -3.89. The third kappa shape index (κ3) is 3.84. The summed E-state index contributed by atoms with van der Waals surface area (Å²) in [6.45, 7) is 0.115. The molecule has 21 heavy (non-hydrogen) atoms. The van der Waals surface area contributed by atoms with E-state index in [9.17, 15) is 13.2 Å². The number of benzene rings is 1. The van der Waals surface area contributed by atoms with E-state index in [1.54, 1.807) is 12.1 Å². The summed E-state index contributed by atoms with van der Waals surface area (Å²) >= 11 is 5.83. The molecular formula is C13H12ClNO5S. The molecule has 112 valence electrons. The van der Waals surface area contributed by atoms with E-state index in [0.29, 0.717) is 12.2 Å². The Hall–Kier alpha value is -1.83. The Bertz CT molecular complexity index is 740. The van der Waals surface area contributed by atoms with Crippen molar-refractivity contribution < 1.29 is 22.7 Å². The number of hydrogen-bond donors (Lipinski definition) is 2. The first-order valence-corrected chi connectivity index (χ1v) is 7.81. The zero-order chi connectivity index (χ0) is 15.5. The lowest BCUT2D eigenvalue weighted by molar-refractivity contribution is 0.0696. The number of carboxylic acids is 1. The molecule has 0 fully saturated rings. The van der Waals surface area contributed by atoms with Gasteiger partial charge in [-0.1, -0.05) is 11.6 Å². The van der Waals surface area contributed by atoms with E-state index in [1.165, 1.54) is 18.4 Å². The van der Waals surface area contributed by atoms with Gasteiger partial charge in [-0.3, -0.25) is 0 Å². The molecule has 2 aromatic rings. The molecule has 1 aromatic heterocycles. The zero-order valence-electron chi connectivity index (χ0n) is 10.7. The van der Waals surface area contributed by atoms with Crippen LogP contribution < -0.4 is 4.72 Å². The predicted octanol–water partition coefficient (Wildman–Crippen LogP) is 2.15. The minimum atomic E-state index is -3.89. The van der Waals surface area contributed by atoms with Crippen LogP contribution in [0.5, 0.6) is 0 Å². The highest BCUT2D eigenvalue weighted by molar-refractivity contribution is 7.89. The normalized spacial score (nSPS) is 11.5. The van der Waals surface area contributed by atoms with Gasteiger partial charge in [0.1, 0.15) is 10.7 Å². The van der Waals surface area contributed by atoms with Gasteiger partial charge in [-0.2, -0.15) is 0 Å². The van der Waals surface area contributed by atoms with Gasteiger partial charge in [-0.15, -0.1) is 0 Å². The Kier molecular flexibility index (Phi) is 4.66. The second-order valence-electron chi connectivity index (χ2n) is 4.18. The standard InChI is InChI=1S/C13H12ClNO5S/c14-11-4-3-9(13(16)17)8-12(11)21(18,19)15-6-5-10-2-1-7-20-10/h1-4,7-8,15H,5-6H2,(H,16,17). The van der Waals surface area contributed by atoms with Crippen LogP contribution in [0.15, 0.2) is 45.9 Å². The first kappa shape index (κ1) is 15.6. The van der Waals surface area contributed by atoms with Gasteiger partial charge in [0, 0.05) is 13.0 Å². The summed E-state index contributed by atoms with van der Waals surface area (Å²) in [6, 6.07) is 6.95. The number of nitrogens with one attached hydrogen (secondary N) is 1. The van der Waals surface area contributed by atoms with E-state index in [4.69, 9.17) is 21.1 Å². The molecule has 0 aliphatic carbocycles. The molecule has 0 amide bonds. The van der Waals surface area contributed by atoms with E-state index >= 15 is 0 Å². The van der Waals surface area contributed by atoms with E-state index in [1.807, 2.05) is 0 Å². The maximum Gasteiger partial charge on any atom is 0.335 e. The van der Waals surface area contributed by atoms with Gasteiger partial charge in [0.15, 0.2) is 0 Å². The highest BCUT2D eigenvalue weighted by Crippen LogP contribution is 2.22. The number of carboxylic acid groups (broad SMARTS) is 1. The highest BCUT2D eigenvalue weighted by Gasteiger charge is 2.19. The number of halogens is 1. The molecule has 0 saturated carbocycles. The van der Waals surface area contributed by atoms with Crippen molar-refractivity contribution in [2.24, 2.45) is 0 Å². The maximum absolute atomic E-state index is 12.1. The van der Waals surface area contributed by atoms with Crippen molar-refractivity contribution in [3.05, 3.63) is 52.9 Å². The molecule has 1 aromatic carbocycles. The SMILES string of the molecule is O=C(O)c1ccc(Cl)c(S(=O)(=O)NCCc2ccco2)c1. The summed E-state index contributed by atoms with van der Waals surface area (Å²) in [4.78, 5) is 10.6. The van der Waals surface area contributed by atoms with Gasteiger partial charge in [0.05, 0.1) is 16.8 Å². The molecule has 8 heteroatoms. The molecule has 0 saturated heterocycles. The topological polar surface area (TPSA) is 96.6 Å². The van der Waals surface area contributed by atoms with E-state index in [-0.39, 0.29) is 22.0 Å². The van der Waals surface area contributed by atoms with Crippen LogP contribution in [0.4, 0.5) is 0 Å². The minimum Gasteiger partial charge on any atom is -0.478 e. The summed E-state index contributed by atoms with van der Waals surface area (Å²) in [5.74, 6) is -0.582. The third-order valence-corrected chi connectivity index (χ3v) is 4.65. The molecule has 1 heterocycles. The van der Waals surface area contributed by atoms with Gasteiger partial charge < -0.3 is 9.52 Å². The molecular weight excluding hydrogens is 318 g/mol. The van der Waals surface area contributed by atoms with Crippen LogP contribution in [0.3, 0.4) is 0 Å². The highest BCUT2D eigenvalue weighted by atomic mass is 35.5. The lowest BCUT2D eigenvalue weighted by Gasteiger charge is -2.08. The Labute approximate surface area is 126 Å². The van der Waals surface area contributed by atoms with Gasteiger partial charge in [0.25, 0.3) is 0 Å². The maximum atomic E-state index is 12.1. The van der Waals surface area contributed by atoms with Gasteiger partial charge >= 0.3 is 5.97 Å². The van der Waals surface area contributed by atoms with E-state index in [0.717, 1.165) is 6.07 Å². The molecule has 0 bridgehead atoms. The van der Waals surface area contributed by atoms with Crippen LogP contribution in [0, 0.1) is 0 Å². The van der Waals surface area contributed by atoms with E-state index < -0.39 is 16.0 Å². The van der Waals surface area contributed by atoms with Crippen LogP contribution in [0.1, 0.15) is 16.1 Å². The minimum absolute atomic E-state index is 0.0366. The summed E-state index contributed by atoms with van der Waals surface area (Å²) in [5.41, 5.74) is -0.147. The Morgan fingerprint density at radius 2 is 2.10 bits per heavy atom. The fraction of sp³-hybridized carbons (Fsp3) is 0.154. The second kappa shape index (κ2) is 6.30. The molecule has 0 atom stereocenters.